The van der Waals surface area contributed by atoms with Crippen molar-refractivity contribution in [2.45, 2.75) is 29.7 Å². The SMILES string of the molecule is Cc1c(C(F)(F)F)cccc1S(=O)(=O)N(C)CC(C)Br. The second-order valence-electron chi connectivity index (χ2n) is 4.49. The van der Waals surface area contributed by atoms with Crippen LogP contribution in [0.1, 0.15) is 18.1 Å². The van der Waals surface area contributed by atoms with Gasteiger partial charge in [0.25, 0.3) is 0 Å². The Labute approximate surface area is 125 Å². The quantitative estimate of drug-likeness (QED) is 0.758. The maximum Gasteiger partial charge on any atom is 0.416 e. The van der Waals surface area contributed by atoms with Crippen molar-refractivity contribution >= 4 is 26.0 Å². The van der Waals surface area contributed by atoms with Gasteiger partial charge in [-0.2, -0.15) is 17.5 Å². The average molecular weight is 374 g/mol. The summed E-state index contributed by atoms with van der Waals surface area (Å²) in [4.78, 5) is -0.420. The fourth-order valence-corrected chi connectivity index (χ4v) is 3.95. The minimum absolute atomic E-state index is 0.103. The first-order chi connectivity index (χ1) is 8.98. The third-order valence-electron chi connectivity index (χ3n) is 2.79. The maximum absolute atomic E-state index is 12.8. The average Bonchev–Trinajstić information content (AvgIpc) is 2.26. The zero-order valence-electron chi connectivity index (χ0n) is 11.2. The zero-order chi connectivity index (χ0) is 15.7. The van der Waals surface area contributed by atoms with Gasteiger partial charge in [0.15, 0.2) is 0 Å². The van der Waals surface area contributed by atoms with E-state index < -0.39 is 21.8 Å². The second kappa shape index (κ2) is 6.03. The summed E-state index contributed by atoms with van der Waals surface area (Å²) in [5.41, 5.74) is -1.21. The van der Waals surface area contributed by atoms with Crippen molar-refractivity contribution in [2.75, 3.05) is 13.6 Å². The van der Waals surface area contributed by atoms with Crippen molar-refractivity contribution in [1.82, 2.24) is 4.31 Å². The van der Waals surface area contributed by atoms with E-state index in [0.717, 1.165) is 16.4 Å². The van der Waals surface area contributed by atoms with E-state index in [9.17, 15) is 21.6 Å². The lowest BCUT2D eigenvalue weighted by Gasteiger charge is -2.21. The molecule has 0 aliphatic rings. The smallest absolute Gasteiger partial charge is 0.207 e. The molecule has 0 amide bonds. The van der Waals surface area contributed by atoms with Crippen molar-refractivity contribution < 1.29 is 21.6 Å². The van der Waals surface area contributed by atoms with E-state index in [1.165, 1.54) is 20.0 Å². The van der Waals surface area contributed by atoms with E-state index in [1.54, 1.807) is 6.92 Å². The fraction of sp³-hybridized carbons (Fsp3) is 0.500. The standard InChI is InChI=1S/C12H15BrF3NO2S/c1-8(13)7-17(3)20(18,19)11-6-4-5-10(9(11)2)12(14,15)16/h4-6,8H,7H2,1-3H3. The number of hydrogen-bond acceptors (Lipinski definition) is 2. The summed E-state index contributed by atoms with van der Waals surface area (Å²) in [5, 5.41) is 0. The highest BCUT2D eigenvalue weighted by atomic mass is 79.9. The van der Waals surface area contributed by atoms with Crippen LogP contribution in [0.3, 0.4) is 0 Å². The minimum Gasteiger partial charge on any atom is -0.207 e. The Morgan fingerprint density at radius 3 is 2.35 bits per heavy atom. The molecule has 114 valence electrons. The number of sulfonamides is 1. The number of alkyl halides is 4. The molecule has 8 heteroatoms. The number of rotatable bonds is 4. The molecule has 1 atom stereocenters. The van der Waals surface area contributed by atoms with Crippen molar-refractivity contribution in [2.24, 2.45) is 0 Å². The summed E-state index contributed by atoms with van der Waals surface area (Å²) in [6.45, 7) is 3.09. The van der Waals surface area contributed by atoms with E-state index >= 15 is 0 Å². The van der Waals surface area contributed by atoms with Crippen LogP contribution in [0.4, 0.5) is 13.2 Å². The van der Waals surface area contributed by atoms with Crippen LogP contribution in [0.2, 0.25) is 0 Å². The van der Waals surface area contributed by atoms with Gasteiger partial charge in [-0.3, -0.25) is 0 Å². The largest absolute Gasteiger partial charge is 0.416 e. The Kier molecular flexibility index (Phi) is 5.26. The lowest BCUT2D eigenvalue weighted by molar-refractivity contribution is -0.138. The van der Waals surface area contributed by atoms with E-state index in [2.05, 4.69) is 15.9 Å². The number of hydrogen-bond donors (Lipinski definition) is 0. The predicted molar refractivity (Wildman–Crippen MR) is 74.4 cm³/mol. The molecule has 0 spiro atoms. The van der Waals surface area contributed by atoms with Crippen LogP contribution in [0.5, 0.6) is 0 Å². The van der Waals surface area contributed by atoms with Crippen molar-refractivity contribution in [1.29, 1.82) is 0 Å². The monoisotopic (exact) mass is 373 g/mol. The Morgan fingerprint density at radius 1 is 1.35 bits per heavy atom. The molecule has 20 heavy (non-hydrogen) atoms. The molecule has 0 saturated heterocycles. The fourth-order valence-electron chi connectivity index (χ4n) is 1.82. The molecule has 0 N–H and O–H groups in total. The van der Waals surface area contributed by atoms with Crippen LogP contribution in [0.15, 0.2) is 23.1 Å². The highest BCUT2D eigenvalue weighted by Gasteiger charge is 2.35. The third kappa shape index (κ3) is 3.73. The maximum atomic E-state index is 12.8. The van der Waals surface area contributed by atoms with Crippen LogP contribution in [0.25, 0.3) is 0 Å². The van der Waals surface area contributed by atoms with Crippen molar-refractivity contribution in [3.05, 3.63) is 29.3 Å². The first-order valence-corrected chi connectivity index (χ1v) is 8.10. The van der Waals surface area contributed by atoms with Gasteiger partial charge < -0.3 is 0 Å². The topological polar surface area (TPSA) is 37.4 Å². The molecular formula is C12H15BrF3NO2S. The molecule has 0 fully saturated rings. The molecule has 1 unspecified atom stereocenters. The summed E-state index contributed by atoms with van der Waals surface area (Å²) >= 11 is 3.22. The Hall–Kier alpha value is -0.600. The minimum atomic E-state index is -4.57. The lowest BCUT2D eigenvalue weighted by atomic mass is 10.1. The van der Waals surface area contributed by atoms with Crippen molar-refractivity contribution in [3.8, 4) is 0 Å². The Balaban J connectivity index is 3.34. The van der Waals surface area contributed by atoms with Gasteiger partial charge in [-0.1, -0.05) is 28.9 Å². The second-order valence-corrected chi connectivity index (χ2v) is 8.07. The van der Waals surface area contributed by atoms with Gasteiger partial charge in [0.2, 0.25) is 10.0 Å². The molecule has 0 radical (unpaired) electrons. The van der Waals surface area contributed by atoms with Gasteiger partial charge in [-0.15, -0.1) is 0 Å². The van der Waals surface area contributed by atoms with Gasteiger partial charge in [-0.25, -0.2) is 8.42 Å². The third-order valence-corrected chi connectivity index (χ3v) is 5.04. The molecule has 1 aromatic rings. The van der Waals surface area contributed by atoms with Crippen molar-refractivity contribution in [3.63, 3.8) is 0 Å². The molecule has 0 aliphatic heterocycles. The van der Waals surface area contributed by atoms with Gasteiger partial charge in [0.1, 0.15) is 0 Å². The number of benzene rings is 1. The van der Waals surface area contributed by atoms with E-state index in [4.69, 9.17) is 0 Å². The molecular weight excluding hydrogens is 359 g/mol. The van der Waals surface area contributed by atoms with E-state index in [1.807, 2.05) is 0 Å². The van der Waals surface area contributed by atoms with Crippen LogP contribution in [-0.2, 0) is 16.2 Å². The molecule has 0 aliphatic carbocycles. The Bertz CT molecular complexity index is 585. The summed E-state index contributed by atoms with van der Waals surface area (Å²) in [6, 6.07) is 3.17. The van der Waals surface area contributed by atoms with Gasteiger partial charge in [0, 0.05) is 18.4 Å². The molecule has 3 nitrogen and oxygen atoms in total. The lowest BCUT2D eigenvalue weighted by Crippen LogP contribution is -2.32. The predicted octanol–water partition coefficient (Wildman–Crippen LogP) is 3.42. The highest BCUT2D eigenvalue weighted by molar-refractivity contribution is 9.09. The summed E-state index contributed by atoms with van der Waals surface area (Å²) in [5.74, 6) is 0. The molecule has 0 bridgehead atoms. The van der Waals surface area contributed by atoms with Gasteiger partial charge >= 0.3 is 6.18 Å². The molecule has 0 heterocycles. The highest BCUT2D eigenvalue weighted by Crippen LogP contribution is 2.34. The van der Waals surface area contributed by atoms with E-state index in [0.29, 0.717) is 0 Å². The van der Waals surface area contributed by atoms with Gasteiger partial charge in [-0.05, 0) is 24.6 Å². The summed E-state index contributed by atoms with van der Waals surface area (Å²) < 4.78 is 64.1. The Morgan fingerprint density at radius 2 is 1.90 bits per heavy atom. The van der Waals surface area contributed by atoms with Crippen LogP contribution >= 0.6 is 15.9 Å². The van der Waals surface area contributed by atoms with E-state index in [-0.39, 0.29) is 21.8 Å². The normalized spacial score (nSPS) is 14.6. The molecule has 0 saturated carbocycles. The number of halogens is 4. The molecule has 1 aromatic carbocycles. The first kappa shape index (κ1) is 17.5. The van der Waals surface area contributed by atoms with Crippen LogP contribution in [-0.4, -0.2) is 31.1 Å². The molecule has 1 rings (SSSR count). The molecule has 0 aromatic heterocycles. The number of nitrogens with zero attached hydrogens (tertiary/aromatic N) is 1. The van der Waals surface area contributed by atoms with Crippen LogP contribution in [0, 0.1) is 6.92 Å². The first-order valence-electron chi connectivity index (χ1n) is 5.75. The van der Waals surface area contributed by atoms with Crippen LogP contribution < -0.4 is 0 Å². The summed E-state index contributed by atoms with van der Waals surface area (Å²) in [6.07, 6.45) is -4.57. The van der Waals surface area contributed by atoms with Gasteiger partial charge in [0.05, 0.1) is 10.5 Å². The summed E-state index contributed by atoms with van der Waals surface area (Å²) in [7, 11) is -2.60. The zero-order valence-corrected chi connectivity index (χ0v) is 13.6.